The number of carbonyl (C=O) groups excluding carboxylic acids is 2. The van der Waals surface area contributed by atoms with Crippen molar-refractivity contribution in [2.75, 3.05) is 29.4 Å². The lowest BCUT2D eigenvalue weighted by molar-refractivity contribution is -0.121. The third-order valence-corrected chi connectivity index (χ3v) is 4.41. The fourth-order valence-corrected chi connectivity index (χ4v) is 3.23. The SMILES string of the molecule is NC(=O)N[C@@H]1CCCN(c2ccc(N3CC[C@@H](F)C3)cc2)C1=O. The zero-order valence-corrected chi connectivity index (χ0v) is 12.9. The quantitative estimate of drug-likeness (QED) is 0.883. The predicted molar refractivity (Wildman–Crippen MR) is 86.3 cm³/mol. The van der Waals surface area contributed by atoms with Crippen molar-refractivity contribution in [3.05, 3.63) is 24.3 Å². The molecule has 0 spiro atoms. The van der Waals surface area contributed by atoms with E-state index in [1.807, 2.05) is 29.2 Å². The number of nitrogens with one attached hydrogen (secondary N) is 1. The van der Waals surface area contributed by atoms with Gasteiger partial charge in [0.1, 0.15) is 12.2 Å². The number of rotatable bonds is 3. The minimum absolute atomic E-state index is 0.146. The maximum atomic E-state index is 13.3. The van der Waals surface area contributed by atoms with Crippen LogP contribution < -0.4 is 20.9 Å². The molecule has 2 heterocycles. The molecule has 0 aromatic heterocycles. The first-order valence-electron chi connectivity index (χ1n) is 7.91. The van der Waals surface area contributed by atoms with Gasteiger partial charge in [0.25, 0.3) is 0 Å². The van der Waals surface area contributed by atoms with Crippen molar-refractivity contribution in [2.45, 2.75) is 31.5 Å². The first kappa shape index (κ1) is 15.6. The number of primary amides is 1. The van der Waals surface area contributed by atoms with Crippen LogP contribution in [0, 0.1) is 0 Å². The van der Waals surface area contributed by atoms with Crippen molar-refractivity contribution >= 4 is 23.3 Å². The van der Waals surface area contributed by atoms with Crippen LogP contribution in [-0.2, 0) is 4.79 Å². The van der Waals surface area contributed by atoms with Crippen LogP contribution in [0.15, 0.2) is 24.3 Å². The highest BCUT2D eigenvalue weighted by Gasteiger charge is 2.30. The molecule has 0 unspecified atom stereocenters. The molecule has 1 aromatic carbocycles. The highest BCUT2D eigenvalue weighted by Crippen LogP contribution is 2.27. The molecule has 3 N–H and O–H groups in total. The summed E-state index contributed by atoms with van der Waals surface area (Å²) in [5, 5.41) is 2.49. The number of nitrogens with zero attached hydrogens (tertiary/aromatic N) is 2. The summed E-state index contributed by atoms with van der Waals surface area (Å²) >= 11 is 0. The second kappa shape index (κ2) is 6.44. The molecule has 1 aromatic rings. The smallest absolute Gasteiger partial charge is 0.312 e. The van der Waals surface area contributed by atoms with Crippen LogP contribution in [0.5, 0.6) is 0 Å². The Labute approximate surface area is 134 Å². The Morgan fingerprint density at radius 3 is 2.48 bits per heavy atom. The van der Waals surface area contributed by atoms with E-state index in [9.17, 15) is 14.0 Å². The molecule has 2 saturated heterocycles. The zero-order valence-electron chi connectivity index (χ0n) is 12.9. The summed E-state index contributed by atoms with van der Waals surface area (Å²) in [6.07, 6.45) is 1.20. The monoisotopic (exact) mass is 320 g/mol. The molecular formula is C16H21FN4O2. The molecule has 2 aliphatic rings. The number of amides is 3. The molecule has 2 aliphatic heterocycles. The minimum Gasteiger partial charge on any atom is -0.369 e. The van der Waals surface area contributed by atoms with E-state index in [1.54, 1.807) is 4.90 Å². The molecule has 2 atom stereocenters. The highest BCUT2D eigenvalue weighted by molar-refractivity contribution is 5.99. The van der Waals surface area contributed by atoms with Crippen LogP contribution in [0.3, 0.4) is 0 Å². The number of nitrogens with two attached hydrogens (primary N) is 1. The van der Waals surface area contributed by atoms with E-state index in [2.05, 4.69) is 5.32 Å². The van der Waals surface area contributed by atoms with Crippen molar-refractivity contribution in [1.29, 1.82) is 0 Å². The van der Waals surface area contributed by atoms with Gasteiger partial charge in [-0.25, -0.2) is 9.18 Å². The summed E-state index contributed by atoms with van der Waals surface area (Å²) < 4.78 is 13.3. The molecule has 124 valence electrons. The number of hydrogen-bond donors (Lipinski definition) is 2. The minimum atomic E-state index is -0.765. The van der Waals surface area contributed by atoms with Crippen molar-refractivity contribution in [2.24, 2.45) is 5.73 Å². The van der Waals surface area contributed by atoms with Gasteiger partial charge in [-0.15, -0.1) is 0 Å². The van der Waals surface area contributed by atoms with Crippen molar-refractivity contribution in [1.82, 2.24) is 5.32 Å². The molecular weight excluding hydrogens is 299 g/mol. The Balaban J connectivity index is 1.71. The zero-order chi connectivity index (χ0) is 16.4. The average molecular weight is 320 g/mol. The Morgan fingerprint density at radius 1 is 1.17 bits per heavy atom. The van der Waals surface area contributed by atoms with Crippen molar-refractivity contribution in [3.8, 4) is 0 Å². The normalized spacial score (nSPS) is 24.8. The van der Waals surface area contributed by atoms with Gasteiger partial charge >= 0.3 is 6.03 Å². The summed E-state index contributed by atoms with van der Waals surface area (Å²) in [5.74, 6) is -0.146. The standard InChI is InChI=1S/C16H21FN4O2/c17-11-7-9-20(10-11)12-3-5-13(6-4-12)21-8-1-2-14(15(21)22)19-16(18)23/h3-6,11,14H,1-2,7-10H2,(H3,18,19,23)/t11-,14-/m1/s1. The summed E-state index contributed by atoms with van der Waals surface area (Å²) in [6, 6.07) is 6.30. The number of piperidine rings is 1. The fraction of sp³-hybridized carbons (Fsp3) is 0.500. The van der Waals surface area contributed by atoms with Crippen molar-refractivity contribution in [3.63, 3.8) is 0 Å². The number of benzene rings is 1. The molecule has 0 radical (unpaired) electrons. The first-order valence-corrected chi connectivity index (χ1v) is 7.91. The lowest BCUT2D eigenvalue weighted by atomic mass is 10.0. The van der Waals surface area contributed by atoms with Gasteiger partial charge in [0.2, 0.25) is 5.91 Å². The maximum Gasteiger partial charge on any atom is 0.312 e. The number of urea groups is 1. The Hall–Kier alpha value is -2.31. The van der Waals surface area contributed by atoms with Crippen LogP contribution in [0.1, 0.15) is 19.3 Å². The van der Waals surface area contributed by atoms with E-state index in [0.29, 0.717) is 32.5 Å². The van der Waals surface area contributed by atoms with E-state index in [0.717, 1.165) is 17.8 Å². The Bertz CT molecular complexity index is 592. The van der Waals surface area contributed by atoms with Crippen LogP contribution in [0.4, 0.5) is 20.6 Å². The molecule has 2 fully saturated rings. The maximum absolute atomic E-state index is 13.3. The third-order valence-electron chi connectivity index (χ3n) is 4.41. The Kier molecular flexibility index (Phi) is 4.36. The Morgan fingerprint density at radius 2 is 1.87 bits per heavy atom. The number of carbonyl (C=O) groups is 2. The second-order valence-electron chi connectivity index (χ2n) is 6.04. The largest absolute Gasteiger partial charge is 0.369 e. The molecule has 0 aliphatic carbocycles. The second-order valence-corrected chi connectivity index (χ2v) is 6.04. The van der Waals surface area contributed by atoms with Gasteiger partial charge in [0, 0.05) is 31.0 Å². The van der Waals surface area contributed by atoms with Gasteiger partial charge in [0.15, 0.2) is 0 Å². The van der Waals surface area contributed by atoms with Gasteiger partial charge in [-0.05, 0) is 43.5 Å². The summed E-state index contributed by atoms with van der Waals surface area (Å²) in [6.45, 7) is 1.76. The number of anilines is 2. The van der Waals surface area contributed by atoms with Crippen LogP contribution in [0.2, 0.25) is 0 Å². The molecule has 3 rings (SSSR count). The van der Waals surface area contributed by atoms with Gasteiger partial charge < -0.3 is 20.9 Å². The van der Waals surface area contributed by atoms with Crippen LogP contribution in [0.25, 0.3) is 0 Å². The van der Waals surface area contributed by atoms with E-state index in [-0.39, 0.29) is 5.91 Å². The number of alkyl halides is 1. The molecule has 0 bridgehead atoms. The van der Waals surface area contributed by atoms with E-state index in [4.69, 9.17) is 5.73 Å². The van der Waals surface area contributed by atoms with Crippen LogP contribution >= 0.6 is 0 Å². The lowest BCUT2D eigenvalue weighted by Crippen LogP contribution is -2.53. The van der Waals surface area contributed by atoms with Gasteiger partial charge in [-0.3, -0.25) is 4.79 Å². The molecule has 6 nitrogen and oxygen atoms in total. The summed E-state index contributed by atoms with van der Waals surface area (Å²) in [7, 11) is 0. The highest BCUT2D eigenvalue weighted by atomic mass is 19.1. The van der Waals surface area contributed by atoms with E-state index >= 15 is 0 Å². The molecule has 7 heteroatoms. The van der Waals surface area contributed by atoms with Gasteiger partial charge in [0.05, 0.1) is 0 Å². The number of hydrogen-bond acceptors (Lipinski definition) is 3. The third kappa shape index (κ3) is 3.38. The molecule has 23 heavy (non-hydrogen) atoms. The van der Waals surface area contributed by atoms with Gasteiger partial charge in [-0.2, -0.15) is 0 Å². The van der Waals surface area contributed by atoms with Crippen molar-refractivity contribution < 1.29 is 14.0 Å². The van der Waals surface area contributed by atoms with E-state index in [1.165, 1.54) is 0 Å². The summed E-state index contributed by atoms with van der Waals surface area (Å²) in [4.78, 5) is 27.1. The average Bonchev–Trinajstić information content (AvgIpc) is 2.96. The van der Waals surface area contributed by atoms with Crippen LogP contribution in [-0.4, -0.2) is 43.8 Å². The fourth-order valence-electron chi connectivity index (χ4n) is 3.23. The van der Waals surface area contributed by atoms with Gasteiger partial charge in [-0.1, -0.05) is 0 Å². The van der Waals surface area contributed by atoms with E-state index < -0.39 is 18.2 Å². The first-order chi connectivity index (χ1) is 11.0. The summed E-state index contributed by atoms with van der Waals surface area (Å²) in [5.41, 5.74) is 6.86. The molecule has 0 saturated carbocycles. The lowest BCUT2D eigenvalue weighted by Gasteiger charge is -2.32. The number of halogens is 1. The predicted octanol–water partition coefficient (Wildman–Crippen LogP) is 1.40. The molecule has 3 amide bonds. The topological polar surface area (TPSA) is 78.7 Å².